The van der Waals surface area contributed by atoms with Crippen molar-refractivity contribution in [3.05, 3.63) is 66.2 Å². The molecule has 5 N–H and O–H groups in total. The maximum Gasteiger partial charge on any atom is 0.243 e. The highest BCUT2D eigenvalue weighted by Gasteiger charge is 2.35. The zero-order chi connectivity index (χ0) is 35.5. The number of nitrogens with zero attached hydrogens (tertiary/aromatic N) is 2. The number of rotatable bonds is 17. The Bertz CT molecular complexity index is 1620. The Morgan fingerprint density at radius 2 is 1.74 bits per heavy atom. The summed E-state index contributed by atoms with van der Waals surface area (Å²) in [6.07, 6.45) is 6.73. The van der Waals surface area contributed by atoms with Crippen molar-refractivity contribution in [2.24, 2.45) is 11.8 Å². The first-order valence-corrected chi connectivity index (χ1v) is 19.8. The lowest BCUT2D eigenvalue weighted by molar-refractivity contribution is -0.132. The van der Waals surface area contributed by atoms with E-state index in [1.807, 2.05) is 47.4 Å². The average molecular weight is 712 g/mol. The number of carbonyl (C=O) groups excluding carboxylic acids is 2. The molecule has 1 aliphatic heterocycles. The van der Waals surface area contributed by atoms with Crippen LogP contribution in [0.5, 0.6) is 0 Å². The molecule has 5 atom stereocenters. The molecule has 0 spiro atoms. The monoisotopic (exact) mass is 711 g/mol. The summed E-state index contributed by atoms with van der Waals surface area (Å²) in [4.78, 5) is 37.4. The van der Waals surface area contributed by atoms with Crippen LogP contribution in [0.2, 0.25) is 0 Å². The molecule has 3 aromatic rings. The van der Waals surface area contributed by atoms with Gasteiger partial charge in [0, 0.05) is 43.7 Å². The zero-order valence-electron chi connectivity index (χ0n) is 29.0. The van der Waals surface area contributed by atoms with Crippen LogP contribution in [0.15, 0.2) is 55.0 Å². The average Bonchev–Trinajstić information content (AvgIpc) is 3.64. The van der Waals surface area contributed by atoms with Crippen LogP contribution in [-0.4, -0.2) is 114 Å². The quantitative estimate of drug-likeness (QED) is 0.141. The van der Waals surface area contributed by atoms with Crippen molar-refractivity contribution >= 4 is 32.4 Å². The molecule has 2 aliphatic rings. The molecule has 13 heteroatoms. The number of hydrogen-bond acceptors (Lipinski definition) is 9. The highest BCUT2D eigenvalue weighted by molar-refractivity contribution is 7.91. The van der Waals surface area contributed by atoms with Gasteiger partial charge >= 0.3 is 0 Å². The van der Waals surface area contributed by atoms with Crippen molar-refractivity contribution < 1.29 is 33.0 Å². The summed E-state index contributed by atoms with van der Waals surface area (Å²) in [5.41, 5.74) is 1.45. The van der Waals surface area contributed by atoms with Gasteiger partial charge in [0.25, 0.3) is 0 Å². The summed E-state index contributed by atoms with van der Waals surface area (Å²) < 4.78 is 31.3. The number of aromatic nitrogens is 2. The lowest BCUT2D eigenvalue weighted by atomic mass is 9.83. The second-order valence-electron chi connectivity index (χ2n) is 13.9. The predicted molar refractivity (Wildman–Crippen MR) is 192 cm³/mol. The number of hydrogen-bond donors (Lipinski definition) is 5. The lowest BCUT2D eigenvalue weighted by Gasteiger charge is -2.35. The molecule has 1 saturated carbocycles. The van der Waals surface area contributed by atoms with Crippen molar-refractivity contribution in [3.8, 4) is 0 Å². The molecule has 2 amide bonds. The highest BCUT2D eigenvalue weighted by Crippen LogP contribution is 2.29. The maximum absolute atomic E-state index is 14.2. The van der Waals surface area contributed by atoms with Crippen molar-refractivity contribution in [1.82, 2.24) is 25.5 Å². The van der Waals surface area contributed by atoms with Gasteiger partial charge in [-0.2, -0.15) is 0 Å². The first-order valence-electron chi connectivity index (χ1n) is 18.0. The number of nitrogens with one attached hydrogen (secondary N) is 3. The molecule has 5 rings (SSSR count). The molecule has 2 aromatic carbocycles. The Kier molecular flexibility index (Phi) is 13.8. The van der Waals surface area contributed by atoms with Gasteiger partial charge in [0.05, 0.1) is 43.4 Å². The number of amides is 2. The number of β-amino-alcohol motifs (C(OH)–C–C–N with tert-alkyl or cyclic N) is 1. The minimum absolute atomic E-state index is 0.0711. The third kappa shape index (κ3) is 10.8. The lowest BCUT2D eigenvalue weighted by Crippen LogP contribution is -2.58. The smallest absolute Gasteiger partial charge is 0.243 e. The Labute approximate surface area is 295 Å². The van der Waals surface area contributed by atoms with E-state index in [1.54, 1.807) is 13.1 Å². The fourth-order valence-corrected chi connectivity index (χ4v) is 8.39. The molecule has 0 bridgehead atoms. The summed E-state index contributed by atoms with van der Waals surface area (Å²) in [6.45, 7) is 4.21. The van der Waals surface area contributed by atoms with Crippen molar-refractivity contribution in [1.29, 1.82) is 0 Å². The Balaban J connectivity index is 1.37. The second-order valence-corrected chi connectivity index (χ2v) is 16.3. The number of aromatic amines is 1. The Morgan fingerprint density at radius 3 is 2.46 bits per heavy atom. The number of H-pyrrole nitrogens is 1. The summed E-state index contributed by atoms with van der Waals surface area (Å²) >= 11 is 0. The zero-order valence-corrected chi connectivity index (χ0v) is 29.8. The number of carbonyl (C=O) groups is 2. The molecule has 1 saturated heterocycles. The maximum atomic E-state index is 14.2. The first kappa shape index (κ1) is 37.9. The molecule has 1 aromatic heterocycles. The molecular weight excluding hydrogens is 659 g/mol. The van der Waals surface area contributed by atoms with Gasteiger partial charge in [0.15, 0.2) is 9.84 Å². The van der Waals surface area contributed by atoms with E-state index in [0.717, 1.165) is 48.4 Å². The highest BCUT2D eigenvalue weighted by atomic mass is 32.2. The van der Waals surface area contributed by atoms with E-state index in [1.165, 1.54) is 6.33 Å². The minimum Gasteiger partial charge on any atom is -0.389 e. The van der Waals surface area contributed by atoms with Crippen LogP contribution in [0.3, 0.4) is 0 Å². The number of benzene rings is 2. The summed E-state index contributed by atoms with van der Waals surface area (Å²) in [6, 6.07) is 11.7. The van der Waals surface area contributed by atoms with Crippen LogP contribution in [0.4, 0.5) is 0 Å². The fraction of sp³-hybridized carbons (Fsp3) is 0.595. The molecule has 50 heavy (non-hydrogen) atoms. The van der Waals surface area contributed by atoms with Gasteiger partial charge < -0.3 is 30.6 Å². The molecule has 12 nitrogen and oxygen atoms in total. The van der Waals surface area contributed by atoms with Crippen LogP contribution >= 0.6 is 0 Å². The first-order chi connectivity index (χ1) is 24.1. The molecule has 1 unspecified atom stereocenters. The number of aliphatic hydroxyl groups is 2. The van der Waals surface area contributed by atoms with Gasteiger partial charge in [0.2, 0.25) is 11.8 Å². The van der Waals surface area contributed by atoms with Gasteiger partial charge in [-0.3, -0.25) is 14.5 Å². The standard InChI is InChI=1S/C37H53N5O7S/c1-2-50(47,48)24-29(20-28-13-8-12-27-11-6-7-14-31(27)28)36(45)41-33(21-30-22-38-25-39-30)37(46)40-32(19-26-9-4-3-5-10-26)35(44)34(43)23-42-15-17-49-18-16-42/h6-8,11-14,22,25-26,29,32-35,43-44H,2-5,9-10,15-21,23-24H2,1H3,(H,38,39)(H,40,46)(H,41,45)/t29?,32-,33-,34-,35+/m0/s1. The second kappa shape index (κ2) is 18.2. The van der Waals surface area contributed by atoms with Gasteiger partial charge in [-0.15, -0.1) is 0 Å². The van der Waals surface area contributed by atoms with Crippen molar-refractivity contribution in [2.75, 3.05) is 44.4 Å². The fourth-order valence-electron chi connectivity index (χ4n) is 7.28. The predicted octanol–water partition coefficient (Wildman–Crippen LogP) is 2.39. The minimum atomic E-state index is -3.56. The van der Waals surface area contributed by atoms with E-state index in [4.69, 9.17) is 4.74 Å². The van der Waals surface area contributed by atoms with E-state index in [-0.39, 0.29) is 36.8 Å². The Morgan fingerprint density at radius 1 is 1.00 bits per heavy atom. The van der Waals surface area contributed by atoms with E-state index in [9.17, 15) is 28.2 Å². The van der Waals surface area contributed by atoms with Crippen LogP contribution < -0.4 is 10.6 Å². The summed E-state index contributed by atoms with van der Waals surface area (Å²) in [5, 5.41) is 30.5. The number of fused-ring (bicyclic) bond motifs is 1. The number of ether oxygens (including phenoxy) is 1. The van der Waals surface area contributed by atoms with Gasteiger partial charge in [-0.05, 0) is 35.1 Å². The van der Waals surface area contributed by atoms with E-state index in [2.05, 4.69) is 20.6 Å². The van der Waals surface area contributed by atoms with E-state index < -0.39 is 51.9 Å². The third-order valence-corrected chi connectivity index (χ3v) is 12.0. The topological polar surface area (TPSA) is 174 Å². The number of imidazole rings is 1. The third-order valence-electron chi connectivity index (χ3n) is 10.2. The molecule has 274 valence electrons. The number of aliphatic hydroxyl groups excluding tert-OH is 2. The van der Waals surface area contributed by atoms with Crippen LogP contribution in [0.1, 0.15) is 56.7 Å². The van der Waals surface area contributed by atoms with Crippen LogP contribution in [0, 0.1) is 11.8 Å². The van der Waals surface area contributed by atoms with Gasteiger partial charge in [0.1, 0.15) is 12.1 Å². The largest absolute Gasteiger partial charge is 0.389 e. The number of morpholine rings is 1. The van der Waals surface area contributed by atoms with Gasteiger partial charge in [-0.25, -0.2) is 13.4 Å². The summed E-state index contributed by atoms with van der Waals surface area (Å²) in [7, 11) is -3.56. The van der Waals surface area contributed by atoms with E-state index in [0.29, 0.717) is 38.4 Å². The molecular formula is C37H53N5O7S. The van der Waals surface area contributed by atoms with Crippen molar-refractivity contribution in [2.45, 2.75) is 82.6 Å². The SMILES string of the molecule is CCS(=O)(=O)CC(Cc1cccc2ccccc12)C(=O)N[C@@H](Cc1cnc[nH]1)C(=O)N[C@@H](CC1CCCCC1)[C@@H](O)[C@@H](O)CN1CCOCC1. The molecule has 2 fully saturated rings. The summed E-state index contributed by atoms with van der Waals surface area (Å²) in [5.74, 6) is -2.22. The number of sulfone groups is 1. The normalized spacial score (nSPS) is 19.3. The van der Waals surface area contributed by atoms with Crippen molar-refractivity contribution in [3.63, 3.8) is 0 Å². The van der Waals surface area contributed by atoms with Gasteiger partial charge in [-0.1, -0.05) is 81.5 Å². The van der Waals surface area contributed by atoms with Crippen LogP contribution in [0.25, 0.3) is 10.8 Å². The molecule has 1 aliphatic carbocycles. The molecule has 2 heterocycles. The van der Waals surface area contributed by atoms with Crippen LogP contribution in [-0.2, 0) is 37.0 Å². The molecule has 0 radical (unpaired) electrons. The van der Waals surface area contributed by atoms with E-state index >= 15 is 0 Å². The Hall–Kier alpha value is -3.36.